The van der Waals surface area contributed by atoms with Crippen molar-refractivity contribution in [2.24, 2.45) is 0 Å². The Morgan fingerprint density at radius 1 is 1.26 bits per heavy atom. The number of likely N-dealkylation sites (tertiary alicyclic amines) is 1. The van der Waals surface area contributed by atoms with E-state index in [1.54, 1.807) is 13.3 Å². The van der Waals surface area contributed by atoms with Crippen molar-refractivity contribution in [1.82, 2.24) is 19.8 Å². The summed E-state index contributed by atoms with van der Waals surface area (Å²) < 4.78 is 11.0. The van der Waals surface area contributed by atoms with Crippen LogP contribution in [0.1, 0.15) is 32.4 Å². The molecule has 3 rings (SSSR count). The van der Waals surface area contributed by atoms with Gasteiger partial charge in [-0.25, -0.2) is 4.98 Å². The first-order valence-electron chi connectivity index (χ1n) is 8.61. The molecule has 0 aliphatic carbocycles. The van der Waals surface area contributed by atoms with E-state index >= 15 is 0 Å². The summed E-state index contributed by atoms with van der Waals surface area (Å²) in [5, 5.41) is 0. The molecule has 0 aromatic carbocycles. The van der Waals surface area contributed by atoms with Gasteiger partial charge in [-0.05, 0) is 33.2 Å². The first-order valence-corrected chi connectivity index (χ1v) is 8.61. The highest BCUT2D eigenvalue weighted by molar-refractivity contribution is 5.08. The average Bonchev–Trinajstić information content (AvgIpc) is 2.93. The molecule has 23 heavy (non-hydrogen) atoms. The van der Waals surface area contributed by atoms with Crippen molar-refractivity contribution < 1.29 is 9.47 Å². The smallest absolute Gasteiger partial charge is 0.232 e. The van der Waals surface area contributed by atoms with Crippen molar-refractivity contribution in [3.63, 3.8) is 0 Å². The van der Waals surface area contributed by atoms with E-state index in [-0.39, 0.29) is 0 Å². The third kappa shape index (κ3) is 4.40. The lowest BCUT2D eigenvalue weighted by Gasteiger charge is -2.38. The van der Waals surface area contributed by atoms with E-state index < -0.39 is 0 Å². The number of aromatic nitrogens is 2. The van der Waals surface area contributed by atoms with Gasteiger partial charge in [0.05, 0.1) is 31.2 Å². The summed E-state index contributed by atoms with van der Waals surface area (Å²) in [6, 6.07) is 0.598. The monoisotopic (exact) mass is 320 g/mol. The van der Waals surface area contributed by atoms with Crippen LogP contribution in [0.5, 0.6) is 5.88 Å². The number of nitrogens with zero attached hydrogens (tertiary/aromatic N) is 4. The second kappa shape index (κ2) is 7.55. The molecule has 1 aromatic heterocycles. The standard InChI is InChI=1S/C17H28N4O2/c1-13-9-20(10-14(2)23-13)12-16-5-4-6-21(16)11-15-7-18-8-17(19-15)22-3/h7-8,13-14,16H,4-6,9-12H2,1-3H3. The van der Waals surface area contributed by atoms with Crippen LogP contribution >= 0.6 is 0 Å². The Morgan fingerprint density at radius 3 is 2.78 bits per heavy atom. The van der Waals surface area contributed by atoms with Gasteiger partial charge >= 0.3 is 0 Å². The van der Waals surface area contributed by atoms with E-state index in [9.17, 15) is 0 Å². The van der Waals surface area contributed by atoms with Crippen LogP contribution in [-0.4, -0.2) is 71.3 Å². The van der Waals surface area contributed by atoms with E-state index in [1.807, 2.05) is 6.20 Å². The minimum Gasteiger partial charge on any atom is -0.480 e. The summed E-state index contributed by atoms with van der Waals surface area (Å²) in [6.07, 6.45) is 6.68. The van der Waals surface area contributed by atoms with Gasteiger partial charge in [0.1, 0.15) is 0 Å². The second-order valence-electron chi connectivity index (χ2n) is 6.80. The average molecular weight is 320 g/mol. The van der Waals surface area contributed by atoms with E-state index in [2.05, 4.69) is 33.6 Å². The minimum atomic E-state index is 0.331. The van der Waals surface area contributed by atoms with Crippen molar-refractivity contribution in [3.05, 3.63) is 18.1 Å². The Balaban J connectivity index is 1.59. The van der Waals surface area contributed by atoms with Gasteiger partial charge < -0.3 is 9.47 Å². The predicted octanol–water partition coefficient (Wildman–Crippen LogP) is 1.56. The van der Waals surface area contributed by atoms with E-state index in [0.29, 0.717) is 24.1 Å². The number of hydrogen-bond donors (Lipinski definition) is 0. The van der Waals surface area contributed by atoms with E-state index in [1.165, 1.54) is 12.8 Å². The van der Waals surface area contributed by atoms with E-state index in [0.717, 1.165) is 38.4 Å². The van der Waals surface area contributed by atoms with Crippen LogP contribution in [0.2, 0.25) is 0 Å². The maximum atomic E-state index is 5.84. The fourth-order valence-corrected chi connectivity index (χ4v) is 3.81. The van der Waals surface area contributed by atoms with Crippen LogP contribution in [0.4, 0.5) is 0 Å². The fraction of sp³-hybridized carbons (Fsp3) is 0.765. The van der Waals surface area contributed by atoms with Gasteiger partial charge in [0.25, 0.3) is 0 Å². The Kier molecular flexibility index (Phi) is 5.46. The van der Waals surface area contributed by atoms with Gasteiger partial charge in [0.2, 0.25) is 5.88 Å². The molecular weight excluding hydrogens is 292 g/mol. The third-order valence-corrected chi connectivity index (χ3v) is 4.70. The molecule has 2 aliphatic heterocycles. The molecule has 128 valence electrons. The third-order valence-electron chi connectivity index (χ3n) is 4.70. The maximum absolute atomic E-state index is 5.84. The van der Waals surface area contributed by atoms with Crippen LogP contribution < -0.4 is 4.74 Å². The highest BCUT2D eigenvalue weighted by Crippen LogP contribution is 2.22. The topological polar surface area (TPSA) is 50.7 Å². The van der Waals surface area contributed by atoms with Gasteiger partial charge in [0, 0.05) is 38.4 Å². The van der Waals surface area contributed by atoms with Crippen LogP contribution in [0.25, 0.3) is 0 Å². The SMILES string of the molecule is COc1cncc(CN2CCCC2CN2CC(C)OC(C)C2)n1. The van der Waals surface area contributed by atoms with Crippen molar-refractivity contribution >= 4 is 0 Å². The van der Waals surface area contributed by atoms with Crippen molar-refractivity contribution in [1.29, 1.82) is 0 Å². The van der Waals surface area contributed by atoms with Crippen molar-refractivity contribution in [2.75, 3.05) is 33.3 Å². The highest BCUT2D eigenvalue weighted by Gasteiger charge is 2.30. The van der Waals surface area contributed by atoms with Crippen molar-refractivity contribution in [2.45, 2.75) is 51.5 Å². The van der Waals surface area contributed by atoms with Gasteiger partial charge in [-0.3, -0.25) is 14.8 Å². The number of methoxy groups -OCH3 is 1. The maximum Gasteiger partial charge on any atom is 0.232 e. The molecule has 0 N–H and O–H groups in total. The summed E-state index contributed by atoms with van der Waals surface area (Å²) in [4.78, 5) is 13.8. The molecule has 0 spiro atoms. The van der Waals surface area contributed by atoms with Crippen LogP contribution in [-0.2, 0) is 11.3 Å². The van der Waals surface area contributed by atoms with Gasteiger partial charge in [0.15, 0.2) is 0 Å². The molecule has 0 bridgehead atoms. The molecule has 1 aromatic rings. The molecular formula is C17H28N4O2. The highest BCUT2D eigenvalue weighted by atomic mass is 16.5. The van der Waals surface area contributed by atoms with Crippen LogP contribution in [0.15, 0.2) is 12.4 Å². The number of rotatable bonds is 5. The van der Waals surface area contributed by atoms with E-state index in [4.69, 9.17) is 9.47 Å². The zero-order valence-corrected chi connectivity index (χ0v) is 14.4. The number of hydrogen-bond acceptors (Lipinski definition) is 6. The Labute approximate surface area is 138 Å². The molecule has 6 heteroatoms. The Morgan fingerprint density at radius 2 is 2.04 bits per heavy atom. The second-order valence-corrected chi connectivity index (χ2v) is 6.80. The largest absolute Gasteiger partial charge is 0.480 e. The Hall–Kier alpha value is -1.24. The molecule has 3 unspecified atom stereocenters. The molecule has 3 heterocycles. The molecule has 3 atom stereocenters. The Bertz CT molecular complexity index is 503. The van der Waals surface area contributed by atoms with Gasteiger partial charge in [-0.1, -0.05) is 0 Å². The predicted molar refractivity (Wildman–Crippen MR) is 88.5 cm³/mol. The zero-order valence-electron chi connectivity index (χ0n) is 14.4. The summed E-state index contributed by atoms with van der Waals surface area (Å²) in [5.41, 5.74) is 0.986. The lowest BCUT2D eigenvalue weighted by atomic mass is 10.1. The van der Waals surface area contributed by atoms with Crippen molar-refractivity contribution in [3.8, 4) is 5.88 Å². The fourth-order valence-electron chi connectivity index (χ4n) is 3.81. The quantitative estimate of drug-likeness (QED) is 0.821. The number of morpholine rings is 1. The number of ether oxygens (including phenoxy) is 2. The van der Waals surface area contributed by atoms with Gasteiger partial charge in [-0.15, -0.1) is 0 Å². The first kappa shape index (κ1) is 16.6. The zero-order chi connectivity index (χ0) is 16.2. The molecule has 2 aliphatic rings. The van der Waals surface area contributed by atoms with Crippen LogP contribution in [0, 0.1) is 0 Å². The molecule has 2 saturated heterocycles. The molecule has 0 radical (unpaired) electrons. The lowest BCUT2D eigenvalue weighted by molar-refractivity contribution is -0.0724. The molecule has 2 fully saturated rings. The summed E-state index contributed by atoms with van der Waals surface area (Å²) in [7, 11) is 1.63. The summed E-state index contributed by atoms with van der Waals surface area (Å²) in [6.45, 7) is 9.52. The normalized spacial score (nSPS) is 29.8. The minimum absolute atomic E-state index is 0.331. The first-order chi connectivity index (χ1) is 11.1. The summed E-state index contributed by atoms with van der Waals surface area (Å²) in [5.74, 6) is 0.592. The molecule has 0 saturated carbocycles. The summed E-state index contributed by atoms with van der Waals surface area (Å²) >= 11 is 0. The lowest BCUT2D eigenvalue weighted by Crippen LogP contribution is -2.50. The molecule has 0 amide bonds. The van der Waals surface area contributed by atoms with Crippen LogP contribution in [0.3, 0.4) is 0 Å². The molecule has 6 nitrogen and oxygen atoms in total. The van der Waals surface area contributed by atoms with Gasteiger partial charge in [-0.2, -0.15) is 0 Å².